The van der Waals surface area contributed by atoms with Crippen molar-refractivity contribution in [3.63, 3.8) is 0 Å². The van der Waals surface area contributed by atoms with Crippen LogP contribution in [-0.4, -0.2) is 11.7 Å². The fourth-order valence-corrected chi connectivity index (χ4v) is 2.03. The van der Waals surface area contributed by atoms with Gasteiger partial charge in [0.05, 0.1) is 6.10 Å². The zero-order valence-electron chi connectivity index (χ0n) is 10.6. The molecular formula is C16H19NO. The molecule has 18 heavy (non-hydrogen) atoms. The molecule has 2 aromatic carbocycles. The summed E-state index contributed by atoms with van der Waals surface area (Å²) in [4.78, 5) is 0. The minimum absolute atomic E-state index is 0.414. The van der Waals surface area contributed by atoms with Crippen molar-refractivity contribution in [3.8, 4) is 11.1 Å². The standard InChI is InChI=1S/C16H19NO/c1-12(18)14-5-7-15(8-6-14)16-4-2-3-13(11-16)9-10-17/h2-8,11-12,18H,9-10,17H2,1H3/t12-/m0/s1. The van der Waals surface area contributed by atoms with E-state index >= 15 is 0 Å². The highest BCUT2D eigenvalue weighted by Crippen LogP contribution is 2.23. The molecule has 0 aliphatic heterocycles. The molecule has 0 aliphatic carbocycles. The molecule has 94 valence electrons. The number of nitrogens with two attached hydrogens (primary N) is 1. The molecule has 0 bridgehead atoms. The summed E-state index contributed by atoms with van der Waals surface area (Å²) >= 11 is 0. The lowest BCUT2D eigenvalue weighted by molar-refractivity contribution is 0.199. The van der Waals surface area contributed by atoms with Crippen molar-refractivity contribution in [1.82, 2.24) is 0 Å². The third-order valence-electron chi connectivity index (χ3n) is 3.09. The van der Waals surface area contributed by atoms with Crippen LogP contribution in [0, 0.1) is 0 Å². The van der Waals surface area contributed by atoms with Crippen LogP contribution in [-0.2, 0) is 6.42 Å². The first kappa shape index (κ1) is 12.8. The predicted molar refractivity (Wildman–Crippen MR) is 75.3 cm³/mol. The Balaban J connectivity index is 2.27. The normalized spacial score (nSPS) is 12.4. The molecule has 1 atom stereocenters. The van der Waals surface area contributed by atoms with E-state index in [0.717, 1.165) is 12.0 Å². The van der Waals surface area contributed by atoms with E-state index in [1.165, 1.54) is 16.7 Å². The fourth-order valence-electron chi connectivity index (χ4n) is 2.03. The number of hydrogen-bond donors (Lipinski definition) is 2. The number of aliphatic hydroxyl groups is 1. The highest BCUT2D eigenvalue weighted by Gasteiger charge is 2.02. The van der Waals surface area contributed by atoms with Crippen LogP contribution in [0.3, 0.4) is 0 Å². The Labute approximate surface area is 108 Å². The van der Waals surface area contributed by atoms with E-state index in [1.807, 2.05) is 24.3 Å². The highest BCUT2D eigenvalue weighted by molar-refractivity contribution is 5.64. The number of hydrogen-bond acceptors (Lipinski definition) is 2. The second kappa shape index (κ2) is 5.80. The van der Waals surface area contributed by atoms with Crippen molar-refractivity contribution in [2.24, 2.45) is 5.73 Å². The van der Waals surface area contributed by atoms with Crippen LogP contribution in [0.1, 0.15) is 24.2 Å². The summed E-state index contributed by atoms with van der Waals surface area (Å²) in [5.74, 6) is 0. The Morgan fingerprint density at radius 2 is 1.78 bits per heavy atom. The molecule has 0 fully saturated rings. The minimum Gasteiger partial charge on any atom is -0.389 e. The molecule has 2 aromatic rings. The summed E-state index contributed by atoms with van der Waals surface area (Å²) in [5.41, 5.74) is 10.1. The molecule has 3 N–H and O–H groups in total. The topological polar surface area (TPSA) is 46.2 Å². The fraction of sp³-hybridized carbons (Fsp3) is 0.250. The maximum atomic E-state index is 9.49. The van der Waals surface area contributed by atoms with Gasteiger partial charge in [0.2, 0.25) is 0 Å². The third kappa shape index (κ3) is 2.97. The van der Waals surface area contributed by atoms with Crippen LogP contribution >= 0.6 is 0 Å². The second-order valence-corrected chi connectivity index (χ2v) is 4.54. The van der Waals surface area contributed by atoms with Gasteiger partial charge in [0.15, 0.2) is 0 Å². The Hall–Kier alpha value is -1.64. The van der Waals surface area contributed by atoms with Gasteiger partial charge in [0, 0.05) is 0 Å². The highest BCUT2D eigenvalue weighted by atomic mass is 16.3. The summed E-state index contributed by atoms with van der Waals surface area (Å²) < 4.78 is 0. The Morgan fingerprint density at radius 3 is 2.39 bits per heavy atom. The van der Waals surface area contributed by atoms with E-state index in [1.54, 1.807) is 6.92 Å². The van der Waals surface area contributed by atoms with E-state index in [0.29, 0.717) is 6.54 Å². The van der Waals surface area contributed by atoms with Gasteiger partial charge in [-0.3, -0.25) is 0 Å². The molecule has 0 unspecified atom stereocenters. The van der Waals surface area contributed by atoms with Crippen LogP contribution in [0.5, 0.6) is 0 Å². The van der Waals surface area contributed by atoms with Gasteiger partial charge in [-0.15, -0.1) is 0 Å². The Bertz CT molecular complexity index is 503. The van der Waals surface area contributed by atoms with E-state index in [2.05, 4.69) is 24.3 Å². The lowest BCUT2D eigenvalue weighted by Gasteiger charge is -2.08. The minimum atomic E-state index is -0.414. The quantitative estimate of drug-likeness (QED) is 0.864. The van der Waals surface area contributed by atoms with E-state index in [4.69, 9.17) is 5.73 Å². The molecule has 0 saturated carbocycles. The third-order valence-corrected chi connectivity index (χ3v) is 3.09. The first-order valence-corrected chi connectivity index (χ1v) is 6.28. The summed E-state index contributed by atoms with van der Waals surface area (Å²) in [5, 5.41) is 9.49. The molecule has 2 rings (SSSR count). The summed E-state index contributed by atoms with van der Waals surface area (Å²) in [6.07, 6.45) is 0.488. The summed E-state index contributed by atoms with van der Waals surface area (Å²) in [6.45, 7) is 2.45. The van der Waals surface area contributed by atoms with Crippen LogP contribution in [0.15, 0.2) is 48.5 Å². The van der Waals surface area contributed by atoms with Crippen LogP contribution in [0.4, 0.5) is 0 Å². The number of rotatable bonds is 4. The van der Waals surface area contributed by atoms with Gasteiger partial charge in [-0.25, -0.2) is 0 Å². The zero-order chi connectivity index (χ0) is 13.0. The molecule has 2 heteroatoms. The number of aliphatic hydroxyl groups excluding tert-OH is 1. The molecule has 0 aliphatic rings. The SMILES string of the molecule is C[C@H](O)c1ccc(-c2cccc(CCN)c2)cc1. The van der Waals surface area contributed by atoms with Gasteiger partial charge in [-0.1, -0.05) is 48.5 Å². The van der Waals surface area contributed by atoms with Gasteiger partial charge in [-0.2, -0.15) is 0 Å². The number of benzene rings is 2. The van der Waals surface area contributed by atoms with Crippen LogP contribution in [0.2, 0.25) is 0 Å². The summed E-state index contributed by atoms with van der Waals surface area (Å²) in [7, 11) is 0. The second-order valence-electron chi connectivity index (χ2n) is 4.54. The molecule has 0 amide bonds. The lowest BCUT2D eigenvalue weighted by atomic mass is 10.00. The largest absolute Gasteiger partial charge is 0.389 e. The maximum Gasteiger partial charge on any atom is 0.0761 e. The van der Waals surface area contributed by atoms with Gasteiger partial charge in [0.25, 0.3) is 0 Å². The molecule has 0 saturated heterocycles. The molecule has 0 aromatic heterocycles. The van der Waals surface area contributed by atoms with Crippen LogP contribution < -0.4 is 5.73 Å². The van der Waals surface area contributed by atoms with Crippen molar-refractivity contribution < 1.29 is 5.11 Å². The van der Waals surface area contributed by atoms with Crippen molar-refractivity contribution >= 4 is 0 Å². The molecule has 0 heterocycles. The Kier molecular flexibility index (Phi) is 4.13. The van der Waals surface area contributed by atoms with Crippen molar-refractivity contribution in [1.29, 1.82) is 0 Å². The summed E-state index contributed by atoms with van der Waals surface area (Å²) in [6, 6.07) is 16.4. The van der Waals surface area contributed by atoms with Crippen molar-refractivity contribution in [2.45, 2.75) is 19.4 Å². The average Bonchev–Trinajstić information content (AvgIpc) is 2.39. The van der Waals surface area contributed by atoms with Crippen LogP contribution in [0.25, 0.3) is 11.1 Å². The van der Waals surface area contributed by atoms with Gasteiger partial charge < -0.3 is 10.8 Å². The molecule has 2 nitrogen and oxygen atoms in total. The van der Waals surface area contributed by atoms with Crippen molar-refractivity contribution in [2.75, 3.05) is 6.54 Å². The van der Waals surface area contributed by atoms with Gasteiger partial charge in [-0.05, 0) is 42.1 Å². The van der Waals surface area contributed by atoms with E-state index in [-0.39, 0.29) is 0 Å². The first-order valence-electron chi connectivity index (χ1n) is 6.28. The van der Waals surface area contributed by atoms with E-state index < -0.39 is 6.10 Å². The zero-order valence-corrected chi connectivity index (χ0v) is 10.6. The lowest BCUT2D eigenvalue weighted by Crippen LogP contribution is -2.02. The first-order chi connectivity index (χ1) is 8.70. The van der Waals surface area contributed by atoms with Gasteiger partial charge in [0.1, 0.15) is 0 Å². The Morgan fingerprint density at radius 1 is 1.06 bits per heavy atom. The molecule has 0 radical (unpaired) electrons. The van der Waals surface area contributed by atoms with Crippen molar-refractivity contribution in [3.05, 3.63) is 59.7 Å². The smallest absolute Gasteiger partial charge is 0.0761 e. The maximum absolute atomic E-state index is 9.49. The molecule has 0 spiro atoms. The van der Waals surface area contributed by atoms with E-state index in [9.17, 15) is 5.11 Å². The predicted octanol–water partition coefficient (Wildman–Crippen LogP) is 2.91. The molecular weight excluding hydrogens is 222 g/mol. The monoisotopic (exact) mass is 241 g/mol. The average molecular weight is 241 g/mol. The van der Waals surface area contributed by atoms with Gasteiger partial charge >= 0.3 is 0 Å².